The van der Waals surface area contributed by atoms with Crippen LogP contribution < -0.4 is 5.32 Å². The molecule has 5 heteroatoms. The van der Waals surface area contributed by atoms with Crippen LogP contribution in [0.15, 0.2) is 0 Å². The molecule has 114 valence electrons. The quantitative estimate of drug-likeness (QED) is 0.837. The Morgan fingerprint density at radius 3 is 2.60 bits per heavy atom. The number of thioether (sulfide) groups is 1. The Morgan fingerprint density at radius 2 is 2.00 bits per heavy atom. The number of aliphatic carboxylic acids is 1. The number of amides is 1. The van der Waals surface area contributed by atoms with Gasteiger partial charge in [-0.2, -0.15) is 11.8 Å². The summed E-state index contributed by atoms with van der Waals surface area (Å²) in [6.45, 7) is 2.24. The number of rotatable bonds is 4. The Balaban J connectivity index is 1.90. The summed E-state index contributed by atoms with van der Waals surface area (Å²) in [5, 5.41) is 12.3. The van der Waals surface area contributed by atoms with Crippen LogP contribution in [0.2, 0.25) is 0 Å². The van der Waals surface area contributed by atoms with Gasteiger partial charge in [-0.1, -0.05) is 19.8 Å². The van der Waals surface area contributed by atoms with Crippen molar-refractivity contribution in [1.82, 2.24) is 5.32 Å². The molecule has 1 saturated carbocycles. The molecule has 0 aromatic rings. The molecule has 0 radical (unpaired) electrons. The zero-order valence-electron chi connectivity index (χ0n) is 12.2. The lowest BCUT2D eigenvalue weighted by atomic mass is 9.80. The number of carbonyl (C=O) groups is 2. The predicted molar refractivity (Wildman–Crippen MR) is 80.8 cm³/mol. The van der Waals surface area contributed by atoms with E-state index in [2.05, 4.69) is 12.2 Å². The summed E-state index contributed by atoms with van der Waals surface area (Å²) in [6.07, 6.45) is 6.23. The molecule has 2 rings (SSSR count). The minimum atomic E-state index is -1.01. The fourth-order valence-corrected chi connectivity index (χ4v) is 4.63. The highest BCUT2D eigenvalue weighted by atomic mass is 32.2. The molecule has 0 bridgehead atoms. The first kappa shape index (κ1) is 15.7. The van der Waals surface area contributed by atoms with Gasteiger partial charge < -0.3 is 10.4 Å². The number of carbonyl (C=O) groups excluding carboxylic acids is 1. The van der Waals surface area contributed by atoms with Gasteiger partial charge in [0.1, 0.15) is 5.54 Å². The Morgan fingerprint density at radius 1 is 1.30 bits per heavy atom. The van der Waals surface area contributed by atoms with Crippen molar-refractivity contribution in [1.29, 1.82) is 0 Å². The molecule has 1 heterocycles. The Bertz CT molecular complexity index is 366. The lowest BCUT2D eigenvalue weighted by molar-refractivity contribution is -0.148. The zero-order chi connectivity index (χ0) is 14.6. The van der Waals surface area contributed by atoms with Gasteiger partial charge in [0.15, 0.2) is 0 Å². The number of carboxylic acids is 1. The number of hydrogen-bond donors (Lipinski definition) is 2. The Labute approximate surface area is 125 Å². The minimum Gasteiger partial charge on any atom is -0.480 e. The van der Waals surface area contributed by atoms with Gasteiger partial charge >= 0.3 is 5.97 Å². The van der Waals surface area contributed by atoms with Gasteiger partial charge in [0.2, 0.25) is 5.91 Å². The standard InChI is InChI=1S/C15H25NO3S/c1-11-3-2-4-12(9-11)10-13(17)16-15(14(18)19)5-7-20-8-6-15/h11-12H,2-10H2,1H3,(H,16,17)(H,18,19). The van der Waals surface area contributed by atoms with Crippen LogP contribution >= 0.6 is 11.8 Å². The third-order valence-electron chi connectivity index (χ3n) is 4.65. The highest BCUT2D eigenvalue weighted by Gasteiger charge is 2.41. The highest BCUT2D eigenvalue weighted by Crippen LogP contribution is 2.32. The maximum atomic E-state index is 12.2. The second-order valence-electron chi connectivity index (χ2n) is 6.39. The van der Waals surface area contributed by atoms with Crippen molar-refractivity contribution in [3.05, 3.63) is 0 Å². The summed E-state index contributed by atoms with van der Waals surface area (Å²) < 4.78 is 0. The molecule has 2 fully saturated rings. The van der Waals surface area contributed by atoms with Gasteiger partial charge in [-0.25, -0.2) is 4.79 Å². The van der Waals surface area contributed by atoms with Crippen molar-refractivity contribution >= 4 is 23.6 Å². The van der Waals surface area contributed by atoms with E-state index in [1.54, 1.807) is 11.8 Å². The molecule has 2 atom stereocenters. The van der Waals surface area contributed by atoms with E-state index in [9.17, 15) is 14.7 Å². The van der Waals surface area contributed by atoms with E-state index in [4.69, 9.17) is 0 Å². The van der Waals surface area contributed by atoms with Gasteiger partial charge in [0.25, 0.3) is 0 Å². The van der Waals surface area contributed by atoms with E-state index in [1.807, 2.05) is 0 Å². The van der Waals surface area contributed by atoms with E-state index in [-0.39, 0.29) is 5.91 Å². The number of carboxylic acid groups (broad SMARTS) is 1. The molecule has 0 aromatic carbocycles. The molecule has 2 aliphatic rings. The topological polar surface area (TPSA) is 66.4 Å². The Kier molecular flexibility index (Phi) is 5.35. The van der Waals surface area contributed by atoms with E-state index >= 15 is 0 Å². The summed E-state index contributed by atoms with van der Waals surface area (Å²) in [5.41, 5.74) is -1.01. The average Bonchev–Trinajstić information content (AvgIpc) is 2.39. The van der Waals surface area contributed by atoms with E-state index < -0.39 is 11.5 Å². The number of hydrogen-bond acceptors (Lipinski definition) is 3. The second kappa shape index (κ2) is 6.83. The average molecular weight is 299 g/mol. The largest absolute Gasteiger partial charge is 0.480 e. The fourth-order valence-electron chi connectivity index (χ4n) is 3.44. The highest BCUT2D eigenvalue weighted by molar-refractivity contribution is 7.99. The van der Waals surface area contributed by atoms with Crippen molar-refractivity contribution in [2.24, 2.45) is 11.8 Å². The molecule has 2 N–H and O–H groups in total. The lowest BCUT2D eigenvalue weighted by Crippen LogP contribution is -2.56. The van der Waals surface area contributed by atoms with Crippen LogP contribution in [-0.4, -0.2) is 34.0 Å². The minimum absolute atomic E-state index is 0.0709. The van der Waals surface area contributed by atoms with Crippen molar-refractivity contribution in [3.8, 4) is 0 Å². The molecule has 1 amide bonds. The third-order valence-corrected chi connectivity index (χ3v) is 5.64. The van der Waals surface area contributed by atoms with Crippen molar-refractivity contribution in [2.45, 2.75) is 57.4 Å². The van der Waals surface area contributed by atoms with Crippen LogP contribution in [0.25, 0.3) is 0 Å². The van der Waals surface area contributed by atoms with Gasteiger partial charge in [-0.15, -0.1) is 0 Å². The molecule has 2 unspecified atom stereocenters. The summed E-state index contributed by atoms with van der Waals surface area (Å²) >= 11 is 1.76. The van der Waals surface area contributed by atoms with Crippen LogP contribution in [0, 0.1) is 11.8 Å². The maximum Gasteiger partial charge on any atom is 0.329 e. The van der Waals surface area contributed by atoms with Crippen LogP contribution in [0.1, 0.15) is 51.9 Å². The molecule has 20 heavy (non-hydrogen) atoms. The first-order valence-electron chi connectivity index (χ1n) is 7.64. The van der Waals surface area contributed by atoms with Crippen molar-refractivity contribution < 1.29 is 14.7 Å². The van der Waals surface area contributed by atoms with E-state index in [1.165, 1.54) is 12.8 Å². The summed E-state index contributed by atoms with van der Waals surface area (Å²) in [6, 6.07) is 0. The Hall–Kier alpha value is -0.710. The van der Waals surface area contributed by atoms with E-state index in [0.29, 0.717) is 31.1 Å². The van der Waals surface area contributed by atoms with Gasteiger partial charge in [0.05, 0.1) is 0 Å². The molecule has 1 saturated heterocycles. The fraction of sp³-hybridized carbons (Fsp3) is 0.867. The molecule has 0 spiro atoms. The molecule has 1 aliphatic carbocycles. The first-order chi connectivity index (χ1) is 9.52. The molecule has 4 nitrogen and oxygen atoms in total. The van der Waals surface area contributed by atoms with Crippen LogP contribution in [0.5, 0.6) is 0 Å². The van der Waals surface area contributed by atoms with Gasteiger partial charge in [-0.3, -0.25) is 4.79 Å². The normalized spacial score (nSPS) is 29.6. The summed E-state index contributed by atoms with van der Waals surface area (Å²) in [5.74, 6) is 1.81. The van der Waals surface area contributed by atoms with Crippen LogP contribution in [-0.2, 0) is 9.59 Å². The van der Waals surface area contributed by atoms with Gasteiger partial charge in [0, 0.05) is 6.42 Å². The summed E-state index contributed by atoms with van der Waals surface area (Å²) in [7, 11) is 0. The van der Waals surface area contributed by atoms with Crippen LogP contribution in [0.4, 0.5) is 0 Å². The molecule has 1 aliphatic heterocycles. The SMILES string of the molecule is CC1CCCC(CC(=O)NC2(C(=O)O)CCSCC2)C1. The monoisotopic (exact) mass is 299 g/mol. The van der Waals surface area contributed by atoms with Crippen molar-refractivity contribution in [3.63, 3.8) is 0 Å². The summed E-state index contributed by atoms with van der Waals surface area (Å²) in [4.78, 5) is 23.7. The van der Waals surface area contributed by atoms with Crippen molar-refractivity contribution in [2.75, 3.05) is 11.5 Å². The third kappa shape index (κ3) is 3.90. The zero-order valence-corrected chi connectivity index (χ0v) is 13.0. The number of nitrogens with one attached hydrogen (secondary N) is 1. The predicted octanol–water partition coefficient (Wildman–Crippen LogP) is 2.67. The molecular weight excluding hydrogens is 274 g/mol. The van der Waals surface area contributed by atoms with Gasteiger partial charge in [-0.05, 0) is 49.0 Å². The lowest BCUT2D eigenvalue weighted by Gasteiger charge is -2.34. The van der Waals surface area contributed by atoms with E-state index in [0.717, 1.165) is 24.3 Å². The molecular formula is C15H25NO3S. The first-order valence-corrected chi connectivity index (χ1v) is 8.79. The maximum absolute atomic E-state index is 12.2. The molecule has 0 aromatic heterocycles. The second-order valence-corrected chi connectivity index (χ2v) is 7.61. The smallest absolute Gasteiger partial charge is 0.329 e. The van der Waals surface area contributed by atoms with Crippen LogP contribution in [0.3, 0.4) is 0 Å².